The highest BCUT2D eigenvalue weighted by Crippen LogP contribution is 2.22. The quantitative estimate of drug-likeness (QED) is 0.621. The summed E-state index contributed by atoms with van der Waals surface area (Å²) in [4.78, 5) is 0. The maximum Gasteiger partial charge on any atom is 0.122 e. The van der Waals surface area contributed by atoms with Gasteiger partial charge in [-0.15, -0.1) is 11.8 Å². The van der Waals surface area contributed by atoms with E-state index in [0.29, 0.717) is 12.6 Å². The number of rotatable bonds is 5. The molecule has 1 atom stereocenters. The minimum Gasteiger partial charge on any atom is -0.492 e. The fraction of sp³-hybridized carbons (Fsp3) is 0.467. The third-order valence-corrected chi connectivity index (χ3v) is 2.79. The lowest BCUT2D eigenvalue weighted by Crippen LogP contribution is -2.12. The van der Waals surface area contributed by atoms with E-state index < -0.39 is 0 Å². The summed E-state index contributed by atoms with van der Waals surface area (Å²) in [5.74, 6) is 6.81. The van der Waals surface area contributed by atoms with Gasteiger partial charge in [-0.3, -0.25) is 0 Å². The van der Waals surface area contributed by atoms with Crippen LogP contribution in [-0.4, -0.2) is 13.7 Å². The monoisotopic (exact) mass is 231 g/mol. The van der Waals surface area contributed by atoms with Gasteiger partial charge in [0.25, 0.3) is 0 Å². The highest BCUT2D eigenvalue weighted by Gasteiger charge is 2.05. The molecule has 1 N–H and O–H groups in total. The predicted octanol–water partition coefficient (Wildman–Crippen LogP) is 3.07. The van der Waals surface area contributed by atoms with Crippen molar-refractivity contribution in [3.63, 3.8) is 0 Å². The molecule has 0 aliphatic rings. The van der Waals surface area contributed by atoms with Gasteiger partial charge >= 0.3 is 0 Å². The molecule has 0 aromatic heterocycles. The lowest BCUT2D eigenvalue weighted by molar-refractivity contribution is 0.325. The number of benzene rings is 1. The Labute approximate surface area is 104 Å². The molecular weight excluding hydrogens is 210 g/mol. The Kier molecular flexibility index (Phi) is 5.59. The van der Waals surface area contributed by atoms with Crippen molar-refractivity contribution in [3.8, 4) is 17.6 Å². The van der Waals surface area contributed by atoms with Crippen LogP contribution in [0.1, 0.15) is 37.4 Å². The smallest absolute Gasteiger partial charge is 0.122 e. The average Bonchev–Trinajstić information content (AvgIpc) is 2.35. The summed E-state index contributed by atoms with van der Waals surface area (Å²) in [5, 5.41) is 3.23. The van der Waals surface area contributed by atoms with Crippen LogP contribution in [0.25, 0.3) is 0 Å². The molecule has 0 radical (unpaired) electrons. The second-order valence-corrected chi connectivity index (χ2v) is 4.06. The van der Waals surface area contributed by atoms with Crippen LogP contribution in [0.2, 0.25) is 0 Å². The Morgan fingerprint density at radius 2 is 2.18 bits per heavy atom. The first kappa shape index (κ1) is 13.6. The number of ether oxygens (including phenoxy) is 1. The van der Waals surface area contributed by atoms with Crippen LogP contribution < -0.4 is 10.1 Å². The van der Waals surface area contributed by atoms with Crippen molar-refractivity contribution in [1.82, 2.24) is 5.32 Å². The number of nitrogens with one attached hydrogen (secondary N) is 1. The minimum absolute atomic E-state index is 0.369. The summed E-state index contributed by atoms with van der Waals surface area (Å²) in [7, 11) is 1.97. The molecule has 0 aliphatic heterocycles. The average molecular weight is 231 g/mol. The zero-order chi connectivity index (χ0) is 12.7. The van der Waals surface area contributed by atoms with Gasteiger partial charge in [-0.05, 0) is 45.0 Å². The zero-order valence-electron chi connectivity index (χ0n) is 11.1. The maximum atomic E-state index is 5.68. The molecule has 2 nitrogen and oxygen atoms in total. The van der Waals surface area contributed by atoms with Gasteiger partial charge in [0, 0.05) is 12.5 Å². The van der Waals surface area contributed by atoms with Crippen molar-refractivity contribution in [2.24, 2.45) is 0 Å². The van der Waals surface area contributed by atoms with Crippen molar-refractivity contribution in [2.45, 2.75) is 33.2 Å². The van der Waals surface area contributed by atoms with Gasteiger partial charge < -0.3 is 10.1 Å². The highest BCUT2D eigenvalue weighted by atomic mass is 16.5. The summed E-state index contributed by atoms with van der Waals surface area (Å²) in [6, 6.07) is 6.68. The molecule has 0 heterocycles. The van der Waals surface area contributed by atoms with Gasteiger partial charge in [-0.1, -0.05) is 12.1 Å². The molecule has 1 aromatic rings. The molecule has 2 heteroatoms. The van der Waals surface area contributed by atoms with E-state index in [1.807, 2.05) is 20.0 Å². The molecule has 0 fully saturated rings. The summed E-state index contributed by atoms with van der Waals surface area (Å²) < 4.78 is 5.68. The number of hydrogen-bond donors (Lipinski definition) is 1. The molecule has 17 heavy (non-hydrogen) atoms. The fourth-order valence-electron chi connectivity index (χ4n) is 1.61. The molecule has 92 valence electrons. The molecule has 0 bridgehead atoms. The molecular formula is C15H21NO. The number of aryl methyl sites for hydroxylation is 1. The van der Waals surface area contributed by atoms with E-state index in [0.717, 1.165) is 12.2 Å². The summed E-state index contributed by atoms with van der Waals surface area (Å²) in [5.41, 5.74) is 2.46. The fourth-order valence-corrected chi connectivity index (χ4v) is 1.61. The molecule has 0 aliphatic carbocycles. The van der Waals surface area contributed by atoms with Gasteiger partial charge in [-0.25, -0.2) is 0 Å². The lowest BCUT2D eigenvalue weighted by atomic mass is 10.1. The van der Waals surface area contributed by atoms with Crippen molar-refractivity contribution >= 4 is 0 Å². The van der Waals surface area contributed by atoms with E-state index in [-0.39, 0.29) is 0 Å². The molecule has 0 saturated carbocycles. The first-order valence-electron chi connectivity index (χ1n) is 5.99. The molecule has 0 saturated heterocycles. The van der Waals surface area contributed by atoms with Crippen LogP contribution in [0.4, 0.5) is 0 Å². The third kappa shape index (κ3) is 4.13. The Balaban J connectivity index is 2.65. The van der Waals surface area contributed by atoms with Crippen LogP contribution in [0.3, 0.4) is 0 Å². The molecule has 0 spiro atoms. The predicted molar refractivity (Wildman–Crippen MR) is 72.2 cm³/mol. The van der Waals surface area contributed by atoms with Crippen LogP contribution >= 0.6 is 0 Å². The first-order chi connectivity index (χ1) is 8.19. The molecule has 1 unspecified atom stereocenters. The minimum atomic E-state index is 0.369. The lowest BCUT2D eigenvalue weighted by Gasteiger charge is -2.14. The largest absolute Gasteiger partial charge is 0.492 e. The molecule has 1 aromatic carbocycles. The summed E-state index contributed by atoms with van der Waals surface area (Å²) in [6.45, 7) is 6.72. The summed E-state index contributed by atoms with van der Waals surface area (Å²) in [6.07, 6.45) is 0.782. The van der Waals surface area contributed by atoms with Crippen molar-refractivity contribution in [3.05, 3.63) is 29.3 Å². The van der Waals surface area contributed by atoms with Crippen molar-refractivity contribution in [1.29, 1.82) is 0 Å². The molecule has 1 rings (SSSR count). The Morgan fingerprint density at radius 3 is 2.76 bits per heavy atom. The topological polar surface area (TPSA) is 21.3 Å². The number of hydrogen-bond acceptors (Lipinski definition) is 2. The van der Waals surface area contributed by atoms with Crippen LogP contribution in [-0.2, 0) is 0 Å². The van der Waals surface area contributed by atoms with Gasteiger partial charge in [0.15, 0.2) is 0 Å². The van der Waals surface area contributed by atoms with Crippen LogP contribution in [0.15, 0.2) is 18.2 Å². The van der Waals surface area contributed by atoms with Crippen molar-refractivity contribution in [2.75, 3.05) is 13.7 Å². The Bertz CT molecular complexity index is 415. The van der Waals surface area contributed by atoms with E-state index >= 15 is 0 Å². The van der Waals surface area contributed by atoms with Crippen LogP contribution in [0.5, 0.6) is 5.75 Å². The first-order valence-corrected chi connectivity index (χ1v) is 5.99. The van der Waals surface area contributed by atoms with E-state index in [1.54, 1.807) is 0 Å². The van der Waals surface area contributed by atoms with Crippen LogP contribution in [0, 0.1) is 18.8 Å². The van der Waals surface area contributed by atoms with Gasteiger partial charge in [0.2, 0.25) is 0 Å². The second kappa shape index (κ2) is 6.98. The second-order valence-electron chi connectivity index (χ2n) is 4.06. The van der Waals surface area contributed by atoms with Gasteiger partial charge in [0.1, 0.15) is 5.75 Å². The van der Waals surface area contributed by atoms with Crippen molar-refractivity contribution < 1.29 is 4.74 Å². The molecule has 0 amide bonds. The normalized spacial score (nSPS) is 11.5. The van der Waals surface area contributed by atoms with E-state index in [9.17, 15) is 0 Å². The van der Waals surface area contributed by atoms with E-state index in [1.165, 1.54) is 11.1 Å². The SMILES string of the molecule is CC#CCCOc1ccc(C(C)NC)cc1C. The zero-order valence-corrected chi connectivity index (χ0v) is 11.1. The summed E-state index contributed by atoms with van der Waals surface area (Å²) >= 11 is 0. The van der Waals surface area contributed by atoms with E-state index in [2.05, 4.69) is 43.1 Å². The highest BCUT2D eigenvalue weighted by molar-refractivity contribution is 5.37. The van der Waals surface area contributed by atoms with E-state index in [4.69, 9.17) is 4.74 Å². The third-order valence-electron chi connectivity index (χ3n) is 2.79. The maximum absolute atomic E-state index is 5.68. The van der Waals surface area contributed by atoms with Gasteiger partial charge in [-0.2, -0.15) is 0 Å². The Morgan fingerprint density at radius 1 is 1.41 bits per heavy atom. The van der Waals surface area contributed by atoms with Gasteiger partial charge in [0.05, 0.1) is 6.61 Å². The Hall–Kier alpha value is -1.46. The standard InChI is InChI=1S/C15H21NO/c1-5-6-7-10-17-15-9-8-14(11-12(15)2)13(3)16-4/h8-9,11,13,16H,7,10H2,1-4H3.